The number of nitrogens with zero attached hydrogens (tertiary/aromatic N) is 4. The van der Waals surface area contributed by atoms with Crippen LogP contribution in [0.5, 0.6) is 17.2 Å². The van der Waals surface area contributed by atoms with Gasteiger partial charge in [0, 0.05) is 43.9 Å². The number of hydrogen-bond acceptors (Lipinski definition) is 8. The minimum atomic E-state index is -0.543. The Labute approximate surface area is 317 Å². The summed E-state index contributed by atoms with van der Waals surface area (Å²) in [6.07, 6.45) is 4.72. The Hall–Kier alpha value is -4.79. The van der Waals surface area contributed by atoms with Gasteiger partial charge in [0.1, 0.15) is 41.1 Å². The molecule has 5 rings (SSSR count). The molecular weight excluding hydrogens is 663 g/mol. The van der Waals surface area contributed by atoms with Crippen molar-refractivity contribution in [3.63, 3.8) is 0 Å². The molecule has 53 heavy (non-hydrogen) atoms. The Kier molecular flexibility index (Phi) is 13.8. The van der Waals surface area contributed by atoms with Crippen molar-refractivity contribution >= 4 is 34.2 Å². The number of aryl methyl sites for hydroxylation is 2. The summed E-state index contributed by atoms with van der Waals surface area (Å²) in [6.45, 7) is 27.7. The van der Waals surface area contributed by atoms with Gasteiger partial charge in [0.15, 0.2) is 0 Å². The number of hydrogen-bond donors (Lipinski definition) is 1. The number of amides is 1. The van der Waals surface area contributed by atoms with Crippen molar-refractivity contribution < 1.29 is 19.0 Å². The molecule has 1 aliphatic rings. The largest absolute Gasteiger partial charge is 0.489 e. The molecule has 0 saturated carbocycles. The predicted octanol–water partition coefficient (Wildman–Crippen LogP) is 11.6. The molecule has 1 amide bonds. The molecule has 1 aromatic heterocycles. The van der Waals surface area contributed by atoms with E-state index in [1.54, 1.807) is 6.33 Å². The molecule has 1 aliphatic heterocycles. The predicted molar refractivity (Wildman–Crippen MR) is 219 cm³/mol. The molecule has 2 heterocycles. The highest BCUT2D eigenvalue weighted by Gasteiger charge is 2.37. The summed E-state index contributed by atoms with van der Waals surface area (Å²) in [5.74, 6) is 3.81. The summed E-state index contributed by atoms with van der Waals surface area (Å²) in [5.41, 5.74) is 5.42. The maximum absolute atomic E-state index is 13.0. The second kappa shape index (κ2) is 17.8. The molecule has 0 radical (unpaired) electrons. The van der Waals surface area contributed by atoms with E-state index >= 15 is 0 Å². The molecule has 4 aromatic rings. The number of fused-ring (bicyclic) bond motifs is 1. The lowest BCUT2D eigenvalue weighted by molar-refractivity contribution is -0.0127. The van der Waals surface area contributed by atoms with Crippen LogP contribution >= 0.6 is 0 Å². The molecule has 9 nitrogen and oxygen atoms in total. The summed E-state index contributed by atoms with van der Waals surface area (Å²) in [5, 5.41) is 4.38. The van der Waals surface area contributed by atoms with Gasteiger partial charge in [0.05, 0.1) is 10.9 Å². The van der Waals surface area contributed by atoms with Crippen LogP contribution in [0.2, 0.25) is 0 Å². The van der Waals surface area contributed by atoms with Gasteiger partial charge >= 0.3 is 6.09 Å². The molecule has 3 unspecified atom stereocenters. The summed E-state index contributed by atoms with van der Waals surface area (Å²) in [4.78, 5) is 26.2. The van der Waals surface area contributed by atoms with E-state index in [1.807, 2.05) is 94.9 Å². The van der Waals surface area contributed by atoms with Crippen molar-refractivity contribution in [3.8, 4) is 17.2 Å². The Morgan fingerprint density at radius 3 is 2.43 bits per heavy atom. The molecule has 0 aliphatic carbocycles. The lowest BCUT2D eigenvalue weighted by Gasteiger charge is -2.41. The van der Waals surface area contributed by atoms with Crippen molar-refractivity contribution in [2.24, 2.45) is 11.8 Å². The van der Waals surface area contributed by atoms with Gasteiger partial charge < -0.3 is 29.3 Å². The number of piperidine rings is 1. The van der Waals surface area contributed by atoms with Crippen molar-refractivity contribution in [2.45, 2.75) is 107 Å². The van der Waals surface area contributed by atoms with Gasteiger partial charge in [0.2, 0.25) is 0 Å². The van der Waals surface area contributed by atoms with E-state index in [0.29, 0.717) is 37.2 Å². The number of ether oxygens (including phenoxy) is 3. The first-order chi connectivity index (χ1) is 25.2. The van der Waals surface area contributed by atoms with E-state index in [4.69, 9.17) is 19.2 Å². The van der Waals surface area contributed by atoms with E-state index in [2.05, 4.69) is 69.7 Å². The summed E-state index contributed by atoms with van der Waals surface area (Å²) in [7, 11) is 2.00. The van der Waals surface area contributed by atoms with E-state index in [-0.39, 0.29) is 18.1 Å². The maximum atomic E-state index is 13.0. The normalized spacial score (nSPS) is 16.4. The minimum absolute atomic E-state index is 0.0860. The topological polar surface area (TPSA) is 89.1 Å². The second-order valence-corrected chi connectivity index (χ2v) is 15.1. The lowest BCUT2D eigenvalue weighted by Crippen LogP contribution is -2.51. The molecule has 286 valence electrons. The molecule has 3 atom stereocenters. The van der Waals surface area contributed by atoms with Crippen LogP contribution in [0.1, 0.15) is 97.8 Å². The van der Waals surface area contributed by atoms with Gasteiger partial charge in [0.25, 0.3) is 0 Å². The third-order valence-electron chi connectivity index (χ3n) is 9.78. The van der Waals surface area contributed by atoms with Gasteiger partial charge in [-0.1, -0.05) is 60.6 Å². The smallest absolute Gasteiger partial charge is 0.410 e. The number of carbonyl (C=O) groups excluding carboxylic acids is 1. The van der Waals surface area contributed by atoms with Gasteiger partial charge in [-0.25, -0.2) is 14.8 Å². The molecule has 0 spiro atoms. The van der Waals surface area contributed by atoms with Crippen LogP contribution in [0.4, 0.5) is 22.0 Å². The molecule has 1 N–H and O–H groups in total. The number of aromatic nitrogens is 2. The van der Waals surface area contributed by atoms with Crippen molar-refractivity contribution in [1.29, 1.82) is 0 Å². The van der Waals surface area contributed by atoms with Crippen LogP contribution in [0.15, 0.2) is 67.6 Å². The number of benzene rings is 3. The molecule has 1 saturated heterocycles. The highest BCUT2D eigenvalue weighted by atomic mass is 16.6. The highest BCUT2D eigenvalue weighted by Crippen LogP contribution is 2.39. The van der Waals surface area contributed by atoms with Crippen LogP contribution < -0.4 is 19.7 Å². The highest BCUT2D eigenvalue weighted by molar-refractivity contribution is 5.96. The second-order valence-electron chi connectivity index (χ2n) is 15.1. The van der Waals surface area contributed by atoms with E-state index in [0.717, 1.165) is 57.1 Å². The van der Waals surface area contributed by atoms with Crippen LogP contribution in [0.25, 0.3) is 10.9 Å². The van der Waals surface area contributed by atoms with Crippen LogP contribution in [-0.4, -0.2) is 52.8 Å². The first-order valence-electron chi connectivity index (χ1n) is 19.1. The quantitative estimate of drug-likeness (QED) is 0.164. The zero-order chi connectivity index (χ0) is 39.0. The lowest BCUT2D eigenvalue weighted by atomic mass is 9.82. The number of nitrogens with one attached hydrogen (secondary N) is 1. The Morgan fingerprint density at radius 2 is 1.79 bits per heavy atom. The standard InChI is InChI=1S/C42H55N5O4.C2H6/c1-12-27(5)33-24-47(41(48)51-42(8,9)10)21-20-37(33)50-39-28(6)14-17-34-38(39)40(44-25-43-34)45-30-15-19-36(29(7)22-30)49-31-16-18-35(46(11)13-2)32(23-31)26(3)4;1-2/h13-19,22-23,25-27,33,37H,2,12,20-21,24H2,1,3-11H3,(H,43,44,45);1-2H3. The minimum Gasteiger partial charge on any atom is -0.489 e. The van der Waals surface area contributed by atoms with Crippen molar-refractivity contribution in [1.82, 2.24) is 14.9 Å². The fourth-order valence-corrected chi connectivity index (χ4v) is 6.66. The van der Waals surface area contributed by atoms with Crippen LogP contribution in [0.3, 0.4) is 0 Å². The SMILES string of the molecule is C=CN(C)c1ccc(Oc2ccc(Nc3ncnc4ccc(C)c(OC5CCN(C(=O)OC(C)(C)C)CC5C(C)CC)c34)cc2C)cc1C(C)C.CC. The van der Waals surface area contributed by atoms with Crippen molar-refractivity contribution in [2.75, 3.05) is 30.4 Å². The average Bonchev–Trinajstić information content (AvgIpc) is 3.13. The van der Waals surface area contributed by atoms with E-state index in [1.165, 1.54) is 5.56 Å². The summed E-state index contributed by atoms with van der Waals surface area (Å²) >= 11 is 0. The van der Waals surface area contributed by atoms with Gasteiger partial charge in [-0.05, 0) is 112 Å². The molecule has 9 heteroatoms. The van der Waals surface area contributed by atoms with E-state index in [9.17, 15) is 4.79 Å². The Bertz CT molecular complexity index is 1870. The fraction of sp³-hybridized carbons (Fsp3) is 0.477. The first-order valence-corrected chi connectivity index (χ1v) is 19.1. The summed E-state index contributed by atoms with van der Waals surface area (Å²) < 4.78 is 19.1. The number of likely N-dealkylation sites (tertiary alicyclic amines) is 1. The molecule has 0 bridgehead atoms. The zero-order valence-corrected chi connectivity index (χ0v) is 34.0. The van der Waals surface area contributed by atoms with Crippen molar-refractivity contribution in [3.05, 3.63) is 84.3 Å². The first kappa shape index (κ1) is 41.0. The Morgan fingerprint density at radius 1 is 1.06 bits per heavy atom. The molecule has 3 aromatic carbocycles. The maximum Gasteiger partial charge on any atom is 0.410 e. The number of carbonyl (C=O) groups is 1. The Balaban J connectivity index is 0.00000308. The van der Waals surface area contributed by atoms with Gasteiger partial charge in [-0.3, -0.25) is 0 Å². The third-order valence-corrected chi connectivity index (χ3v) is 9.78. The fourth-order valence-electron chi connectivity index (χ4n) is 6.66. The average molecular weight is 724 g/mol. The van der Waals surface area contributed by atoms with E-state index < -0.39 is 5.60 Å². The number of rotatable bonds is 11. The number of anilines is 3. The zero-order valence-electron chi connectivity index (χ0n) is 34.0. The summed E-state index contributed by atoms with van der Waals surface area (Å²) in [6, 6.07) is 16.3. The van der Waals surface area contributed by atoms with Gasteiger partial charge in [-0.2, -0.15) is 0 Å². The van der Waals surface area contributed by atoms with Crippen LogP contribution in [0, 0.1) is 25.7 Å². The van der Waals surface area contributed by atoms with Gasteiger partial charge in [-0.15, -0.1) is 0 Å². The monoisotopic (exact) mass is 723 g/mol. The molecular formula is C44H61N5O4. The van der Waals surface area contributed by atoms with Crippen LogP contribution in [-0.2, 0) is 4.74 Å². The molecule has 1 fully saturated rings. The third kappa shape index (κ3) is 10.0.